The van der Waals surface area contributed by atoms with Gasteiger partial charge in [0, 0.05) is 11.5 Å². The topological polar surface area (TPSA) is 38.3 Å². The van der Waals surface area contributed by atoms with Gasteiger partial charge < -0.3 is 10.1 Å². The lowest BCUT2D eigenvalue weighted by Crippen LogP contribution is -2.31. The maximum absolute atomic E-state index is 14.4. The summed E-state index contributed by atoms with van der Waals surface area (Å²) in [6.07, 6.45) is 5.21. The van der Waals surface area contributed by atoms with Gasteiger partial charge in [-0.05, 0) is 37.0 Å². The molecule has 1 heterocycles. The lowest BCUT2D eigenvalue weighted by Gasteiger charge is -2.38. The van der Waals surface area contributed by atoms with Crippen LogP contribution in [0.1, 0.15) is 46.8 Å². The van der Waals surface area contributed by atoms with E-state index in [0.29, 0.717) is 17.7 Å². The van der Waals surface area contributed by atoms with E-state index in [2.05, 4.69) is 17.5 Å². The van der Waals surface area contributed by atoms with E-state index >= 15 is 0 Å². The van der Waals surface area contributed by atoms with E-state index in [1.54, 1.807) is 19.1 Å². The molecule has 3 atom stereocenters. The molecule has 0 radical (unpaired) electrons. The summed E-state index contributed by atoms with van der Waals surface area (Å²) < 4.78 is 19.6. The van der Waals surface area contributed by atoms with E-state index in [-0.39, 0.29) is 29.7 Å². The summed E-state index contributed by atoms with van der Waals surface area (Å²) in [6.45, 7) is 2.11. The molecule has 0 amide bonds. The van der Waals surface area contributed by atoms with E-state index < -0.39 is 0 Å². The Morgan fingerprint density at radius 3 is 2.80 bits per heavy atom. The van der Waals surface area contributed by atoms with Crippen LogP contribution in [0.5, 0.6) is 0 Å². The minimum absolute atomic E-state index is 0.176. The van der Waals surface area contributed by atoms with Gasteiger partial charge in [-0.2, -0.15) is 0 Å². The van der Waals surface area contributed by atoms with Gasteiger partial charge in [0.15, 0.2) is 0 Å². The summed E-state index contributed by atoms with van der Waals surface area (Å²) in [4.78, 5) is 12.4. The van der Waals surface area contributed by atoms with Gasteiger partial charge in [0.1, 0.15) is 5.82 Å². The van der Waals surface area contributed by atoms with Crippen LogP contribution in [0.3, 0.4) is 0 Å². The number of fused-ring (bicyclic) bond motifs is 3. The summed E-state index contributed by atoms with van der Waals surface area (Å²) in [5.74, 6) is -0.153. The second-order valence-electron chi connectivity index (χ2n) is 6.49. The molecule has 0 aromatic heterocycles. The molecule has 4 heteroatoms. The molecular formula is C21H20FNO2. The molecule has 0 bridgehead atoms. The van der Waals surface area contributed by atoms with Crippen molar-refractivity contribution in [2.75, 3.05) is 11.9 Å². The molecule has 1 aliphatic carbocycles. The molecule has 0 fully saturated rings. The Bertz CT molecular complexity index is 846. The lowest BCUT2D eigenvalue weighted by atomic mass is 9.76. The third kappa shape index (κ3) is 2.62. The summed E-state index contributed by atoms with van der Waals surface area (Å²) in [5, 5.41) is 3.45. The summed E-state index contributed by atoms with van der Waals surface area (Å²) in [7, 11) is 0. The van der Waals surface area contributed by atoms with E-state index in [0.717, 1.165) is 17.7 Å². The van der Waals surface area contributed by atoms with Gasteiger partial charge in [0.2, 0.25) is 0 Å². The third-order valence-electron chi connectivity index (χ3n) is 5.13. The first-order chi connectivity index (χ1) is 12.2. The molecule has 25 heavy (non-hydrogen) atoms. The highest BCUT2D eigenvalue weighted by atomic mass is 19.1. The van der Waals surface area contributed by atoms with E-state index in [1.165, 1.54) is 6.07 Å². The molecule has 4 rings (SSSR count). The average molecular weight is 337 g/mol. The number of rotatable bonds is 3. The van der Waals surface area contributed by atoms with Crippen LogP contribution in [0.4, 0.5) is 10.1 Å². The van der Waals surface area contributed by atoms with Gasteiger partial charge in [-0.25, -0.2) is 9.18 Å². The fraction of sp³-hybridized carbons (Fsp3) is 0.286. The van der Waals surface area contributed by atoms with Crippen molar-refractivity contribution in [3.63, 3.8) is 0 Å². The fourth-order valence-electron chi connectivity index (χ4n) is 4.04. The van der Waals surface area contributed by atoms with Gasteiger partial charge in [-0.1, -0.05) is 42.5 Å². The maximum Gasteiger partial charge on any atom is 0.340 e. The number of para-hydroxylation sites is 1. The Kier molecular flexibility index (Phi) is 4.04. The molecule has 0 saturated carbocycles. The van der Waals surface area contributed by atoms with Crippen LogP contribution in [0, 0.1) is 11.7 Å². The Morgan fingerprint density at radius 1 is 1.20 bits per heavy atom. The summed E-state index contributed by atoms with van der Waals surface area (Å²) in [6, 6.07) is 12.4. The molecule has 1 aliphatic heterocycles. The number of allylic oxidation sites excluding steroid dienone is 2. The Balaban J connectivity index is 1.82. The van der Waals surface area contributed by atoms with Crippen molar-refractivity contribution in [1.29, 1.82) is 0 Å². The second kappa shape index (κ2) is 6.36. The first-order valence-corrected chi connectivity index (χ1v) is 8.68. The van der Waals surface area contributed by atoms with Gasteiger partial charge in [-0.3, -0.25) is 0 Å². The number of hydrogen-bond donors (Lipinski definition) is 1. The number of benzene rings is 2. The first-order valence-electron chi connectivity index (χ1n) is 8.68. The summed E-state index contributed by atoms with van der Waals surface area (Å²) >= 11 is 0. The maximum atomic E-state index is 14.4. The standard InChI is InChI=1S/C21H20FNO2/c1-2-25-21(24)17-11-6-10-15-13-8-5-9-14(13)19(23-20(15)17)16-7-3-4-12-18(16)22/h3-8,10-14,19,23H,2,9H2,1H3/t13-,14+,19-/m0/s1. The van der Waals surface area contributed by atoms with Crippen molar-refractivity contribution in [3.05, 3.63) is 77.1 Å². The van der Waals surface area contributed by atoms with Gasteiger partial charge in [0.25, 0.3) is 0 Å². The minimum atomic E-state index is -0.348. The fourth-order valence-corrected chi connectivity index (χ4v) is 4.04. The molecule has 3 nitrogen and oxygen atoms in total. The van der Waals surface area contributed by atoms with Crippen molar-refractivity contribution in [2.24, 2.45) is 5.92 Å². The van der Waals surface area contributed by atoms with Crippen LogP contribution in [-0.2, 0) is 4.74 Å². The monoisotopic (exact) mass is 337 g/mol. The first kappa shape index (κ1) is 15.9. The van der Waals surface area contributed by atoms with Crippen LogP contribution in [0.25, 0.3) is 0 Å². The Hall–Kier alpha value is -2.62. The third-order valence-corrected chi connectivity index (χ3v) is 5.13. The molecule has 2 aliphatic rings. The van der Waals surface area contributed by atoms with Crippen LogP contribution in [-0.4, -0.2) is 12.6 Å². The number of halogens is 1. The van der Waals surface area contributed by atoms with E-state index in [9.17, 15) is 9.18 Å². The molecule has 2 aromatic carbocycles. The smallest absolute Gasteiger partial charge is 0.340 e. The van der Waals surface area contributed by atoms with Crippen LogP contribution >= 0.6 is 0 Å². The highest BCUT2D eigenvalue weighted by Crippen LogP contribution is 2.50. The Morgan fingerprint density at radius 2 is 2.00 bits per heavy atom. The molecule has 128 valence electrons. The number of anilines is 1. The van der Waals surface area contributed by atoms with Gasteiger partial charge in [0.05, 0.1) is 23.9 Å². The van der Waals surface area contributed by atoms with Crippen molar-refractivity contribution in [2.45, 2.75) is 25.3 Å². The normalized spacial score (nSPS) is 23.5. The number of ether oxygens (including phenoxy) is 1. The molecule has 0 saturated heterocycles. The lowest BCUT2D eigenvalue weighted by molar-refractivity contribution is 0.0527. The van der Waals surface area contributed by atoms with Gasteiger partial charge >= 0.3 is 5.97 Å². The zero-order chi connectivity index (χ0) is 17.4. The quantitative estimate of drug-likeness (QED) is 0.644. The molecule has 1 N–H and O–H groups in total. The number of hydrogen-bond acceptors (Lipinski definition) is 3. The van der Waals surface area contributed by atoms with Crippen molar-refractivity contribution < 1.29 is 13.9 Å². The van der Waals surface area contributed by atoms with Crippen molar-refractivity contribution in [3.8, 4) is 0 Å². The minimum Gasteiger partial charge on any atom is -0.462 e. The number of carbonyl (C=O) groups is 1. The zero-order valence-corrected chi connectivity index (χ0v) is 14.0. The molecular weight excluding hydrogens is 317 g/mol. The highest BCUT2D eigenvalue weighted by Gasteiger charge is 2.40. The highest BCUT2D eigenvalue weighted by molar-refractivity contribution is 5.97. The van der Waals surface area contributed by atoms with Crippen LogP contribution in [0.15, 0.2) is 54.6 Å². The van der Waals surface area contributed by atoms with Crippen molar-refractivity contribution in [1.82, 2.24) is 0 Å². The molecule has 0 unspecified atom stereocenters. The number of nitrogens with one attached hydrogen (secondary N) is 1. The SMILES string of the molecule is CCOC(=O)c1cccc2c1N[C@H](c1ccccc1F)[C@@H]1CC=C[C@H]21. The van der Waals surface area contributed by atoms with Gasteiger partial charge in [-0.15, -0.1) is 0 Å². The predicted octanol–water partition coefficient (Wildman–Crippen LogP) is 4.83. The van der Waals surface area contributed by atoms with Crippen molar-refractivity contribution >= 4 is 11.7 Å². The molecule has 0 spiro atoms. The van der Waals surface area contributed by atoms with E-state index in [1.807, 2.05) is 24.3 Å². The average Bonchev–Trinajstić information content (AvgIpc) is 3.11. The largest absolute Gasteiger partial charge is 0.462 e. The van der Waals surface area contributed by atoms with Crippen LogP contribution < -0.4 is 5.32 Å². The predicted molar refractivity (Wildman–Crippen MR) is 95.2 cm³/mol. The Labute approximate surface area is 146 Å². The zero-order valence-electron chi connectivity index (χ0n) is 14.0. The molecule has 2 aromatic rings. The summed E-state index contributed by atoms with van der Waals surface area (Å²) in [5.41, 5.74) is 3.00. The second-order valence-corrected chi connectivity index (χ2v) is 6.49. The van der Waals surface area contributed by atoms with Crippen LogP contribution in [0.2, 0.25) is 0 Å². The number of esters is 1. The number of carbonyl (C=O) groups excluding carboxylic acids is 1. The van der Waals surface area contributed by atoms with E-state index in [4.69, 9.17) is 4.74 Å².